The molecule has 18 heavy (non-hydrogen) atoms. The molecule has 102 valence electrons. The lowest BCUT2D eigenvalue weighted by Gasteiger charge is -2.14. The Kier molecular flexibility index (Phi) is 5.85. The Morgan fingerprint density at radius 1 is 1.28 bits per heavy atom. The molecule has 0 aliphatic heterocycles. The van der Waals surface area contributed by atoms with Crippen LogP contribution in [0.4, 0.5) is 11.6 Å². The normalized spacial score (nSPS) is 12.3. The van der Waals surface area contributed by atoms with Crippen molar-refractivity contribution in [2.24, 2.45) is 0 Å². The quantitative estimate of drug-likeness (QED) is 0.692. The molecule has 0 aliphatic rings. The van der Waals surface area contributed by atoms with Gasteiger partial charge in [0.25, 0.3) is 0 Å². The number of aliphatic hydroxyl groups is 1. The van der Waals surface area contributed by atoms with Crippen LogP contribution < -0.4 is 10.6 Å². The lowest BCUT2D eigenvalue weighted by atomic mass is 10.2. The molecule has 5 nitrogen and oxygen atoms in total. The highest BCUT2D eigenvalue weighted by Gasteiger charge is 2.09. The highest BCUT2D eigenvalue weighted by Crippen LogP contribution is 2.20. The molecule has 1 heterocycles. The summed E-state index contributed by atoms with van der Waals surface area (Å²) in [6.45, 7) is 6.61. The van der Waals surface area contributed by atoms with Crippen molar-refractivity contribution < 1.29 is 5.11 Å². The topological polar surface area (TPSA) is 70.1 Å². The molecule has 1 atom stereocenters. The van der Waals surface area contributed by atoms with Gasteiger partial charge in [0, 0.05) is 25.6 Å². The SMILES string of the molecule is CCCc1nc(NC)c(C)c(NCCC(C)O)n1. The van der Waals surface area contributed by atoms with Crippen molar-refractivity contribution in [1.82, 2.24) is 9.97 Å². The first kappa shape index (κ1) is 14.7. The average Bonchev–Trinajstić information content (AvgIpc) is 2.32. The van der Waals surface area contributed by atoms with Crippen LogP contribution in [0.1, 0.15) is 38.1 Å². The Bertz CT molecular complexity index is 379. The number of hydrogen-bond acceptors (Lipinski definition) is 5. The second kappa shape index (κ2) is 7.16. The fraction of sp³-hybridized carbons (Fsp3) is 0.692. The summed E-state index contributed by atoms with van der Waals surface area (Å²) < 4.78 is 0. The van der Waals surface area contributed by atoms with Gasteiger partial charge >= 0.3 is 0 Å². The Hall–Kier alpha value is -1.36. The first-order valence-electron chi connectivity index (χ1n) is 6.55. The van der Waals surface area contributed by atoms with Crippen LogP contribution in [-0.2, 0) is 6.42 Å². The van der Waals surface area contributed by atoms with Crippen LogP contribution in [0.3, 0.4) is 0 Å². The summed E-state index contributed by atoms with van der Waals surface area (Å²) in [7, 11) is 1.87. The summed E-state index contributed by atoms with van der Waals surface area (Å²) >= 11 is 0. The molecule has 1 rings (SSSR count). The molecule has 1 aromatic rings. The zero-order valence-corrected chi connectivity index (χ0v) is 11.7. The molecular formula is C13H24N4O. The molecule has 0 bridgehead atoms. The van der Waals surface area contributed by atoms with Gasteiger partial charge < -0.3 is 15.7 Å². The van der Waals surface area contributed by atoms with Crippen molar-refractivity contribution in [2.75, 3.05) is 24.2 Å². The molecular weight excluding hydrogens is 228 g/mol. The predicted octanol–water partition coefficient (Wildman–Crippen LogP) is 1.96. The van der Waals surface area contributed by atoms with Gasteiger partial charge in [-0.15, -0.1) is 0 Å². The minimum absolute atomic E-state index is 0.293. The fourth-order valence-electron chi connectivity index (χ4n) is 1.71. The van der Waals surface area contributed by atoms with Gasteiger partial charge in [0.2, 0.25) is 0 Å². The number of aromatic nitrogens is 2. The van der Waals surface area contributed by atoms with Crippen LogP contribution >= 0.6 is 0 Å². The van der Waals surface area contributed by atoms with Gasteiger partial charge in [-0.05, 0) is 26.7 Å². The molecule has 0 saturated heterocycles. The number of nitrogens with zero attached hydrogens (tertiary/aromatic N) is 2. The summed E-state index contributed by atoms with van der Waals surface area (Å²) in [6.07, 6.45) is 2.32. The molecule has 0 aromatic carbocycles. The molecule has 0 saturated carbocycles. The smallest absolute Gasteiger partial charge is 0.134 e. The first-order chi connectivity index (χ1) is 8.58. The molecule has 1 aromatic heterocycles. The minimum atomic E-state index is -0.293. The van der Waals surface area contributed by atoms with Crippen LogP contribution in [-0.4, -0.2) is 34.8 Å². The minimum Gasteiger partial charge on any atom is -0.393 e. The lowest BCUT2D eigenvalue weighted by molar-refractivity contribution is 0.188. The van der Waals surface area contributed by atoms with Crippen LogP contribution in [0.2, 0.25) is 0 Å². The van der Waals surface area contributed by atoms with E-state index in [-0.39, 0.29) is 6.10 Å². The highest BCUT2D eigenvalue weighted by molar-refractivity contribution is 5.56. The predicted molar refractivity (Wildman–Crippen MR) is 75.1 cm³/mol. The summed E-state index contributed by atoms with van der Waals surface area (Å²) in [5.41, 5.74) is 1.02. The Labute approximate surface area is 109 Å². The van der Waals surface area contributed by atoms with E-state index < -0.39 is 0 Å². The maximum Gasteiger partial charge on any atom is 0.134 e. The maximum absolute atomic E-state index is 9.25. The summed E-state index contributed by atoms with van der Waals surface area (Å²) in [6, 6.07) is 0. The van der Waals surface area contributed by atoms with Gasteiger partial charge in [-0.1, -0.05) is 6.92 Å². The number of anilines is 2. The third-order valence-corrected chi connectivity index (χ3v) is 2.76. The Balaban J connectivity index is 2.83. The van der Waals surface area contributed by atoms with Gasteiger partial charge in [0.05, 0.1) is 6.10 Å². The highest BCUT2D eigenvalue weighted by atomic mass is 16.3. The van der Waals surface area contributed by atoms with E-state index in [1.54, 1.807) is 6.92 Å². The molecule has 0 spiro atoms. The summed E-state index contributed by atoms with van der Waals surface area (Å²) in [5, 5.41) is 15.6. The molecule has 0 amide bonds. The molecule has 5 heteroatoms. The van der Waals surface area contributed by atoms with E-state index in [1.807, 2.05) is 14.0 Å². The van der Waals surface area contributed by atoms with Crippen LogP contribution in [0, 0.1) is 6.92 Å². The Morgan fingerprint density at radius 2 is 1.94 bits per heavy atom. The third-order valence-electron chi connectivity index (χ3n) is 2.76. The number of aliphatic hydroxyl groups excluding tert-OH is 1. The monoisotopic (exact) mass is 252 g/mol. The molecule has 0 fully saturated rings. The van der Waals surface area contributed by atoms with Gasteiger partial charge in [-0.2, -0.15) is 0 Å². The van der Waals surface area contributed by atoms with Crippen molar-refractivity contribution >= 4 is 11.6 Å². The maximum atomic E-state index is 9.25. The van der Waals surface area contributed by atoms with E-state index in [2.05, 4.69) is 27.5 Å². The molecule has 1 unspecified atom stereocenters. The van der Waals surface area contributed by atoms with Crippen LogP contribution in [0.25, 0.3) is 0 Å². The number of rotatable bonds is 7. The van der Waals surface area contributed by atoms with Crippen LogP contribution in [0.5, 0.6) is 0 Å². The third kappa shape index (κ3) is 4.14. The van der Waals surface area contributed by atoms with E-state index in [4.69, 9.17) is 0 Å². The molecule has 0 radical (unpaired) electrons. The average molecular weight is 252 g/mol. The number of nitrogens with one attached hydrogen (secondary N) is 2. The second-order valence-electron chi connectivity index (χ2n) is 4.53. The molecule has 0 aliphatic carbocycles. The van der Waals surface area contributed by atoms with Crippen molar-refractivity contribution in [3.63, 3.8) is 0 Å². The van der Waals surface area contributed by atoms with E-state index >= 15 is 0 Å². The zero-order valence-electron chi connectivity index (χ0n) is 11.7. The first-order valence-corrected chi connectivity index (χ1v) is 6.55. The van der Waals surface area contributed by atoms with Crippen molar-refractivity contribution in [2.45, 2.75) is 46.1 Å². The van der Waals surface area contributed by atoms with Crippen molar-refractivity contribution in [3.05, 3.63) is 11.4 Å². The Morgan fingerprint density at radius 3 is 2.50 bits per heavy atom. The zero-order chi connectivity index (χ0) is 13.5. The second-order valence-corrected chi connectivity index (χ2v) is 4.53. The lowest BCUT2D eigenvalue weighted by Crippen LogP contribution is -2.14. The van der Waals surface area contributed by atoms with Crippen molar-refractivity contribution in [3.8, 4) is 0 Å². The summed E-state index contributed by atoms with van der Waals surface area (Å²) in [5.74, 6) is 2.58. The van der Waals surface area contributed by atoms with Gasteiger partial charge in [-0.25, -0.2) is 9.97 Å². The molecule has 3 N–H and O–H groups in total. The largest absolute Gasteiger partial charge is 0.393 e. The van der Waals surface area contributed by atoms with Gasteiger partial charge in [-0.3, -0.25) is 0 Å². The van der Waals surface area contributed by atoms with E-state index in [1.165, 1.54) is 0 Å². The number of aryl methyl sites for hydroxylation is 1. The van der Waals surface area contributed by atoms with Gasteiger partial charge in [0.15, 0.2) is 0 Å². The van der Waals surface area contributed by atoms with Crippen LogP contribution in [0.15, 0.2) is 0 Å². The van der Waals surface area contributed by atoms with E-state index in [0.29, 0.717) is 13.0 Å². The summed E-state index contributed by atoms with van der Waals surface area (Å²) in [4.78, 5) is 9.00. The standard InChI is InChI=1S/C13H24N4O/c1-5-6-11-16-12(14-4)10(3)13(17-11)15-8-7-9(2)18/h9,18H,5-8H2,1-4H3,(H2,14,15,16,17). The van der Waals surface area contributed by atoms with E-state index in [9.17, 15) is 5.11 Å². The van der Waals surface area contributed by atoms with Crippen molar-refractivity contribution in [1.29, 1.82) is 0 Å². The fourth-order valence-corrected chi connectivity index (χ4v) is 1.71. The van der Waals surface area contributed by atoms with Gasteiger partial charge in [0.1, 0.15) is 17.5 Å². The number of hydrogen-bond donors (Lipinski definition) is 3. The van der Waals surface area contributed by atoms with E-state index in [0.717, 1.165) is 35.9 Å².